The van der Waals surface area contributed by atoms with Gasteiger partial charge in [0.2, 0.25) is 5.91 Å². The van der Waals surface area contributed by atoms with Crippen molar-refractivity contribution in [1.82, 2.24) is 10.2 Å². The summed E-state index contributed by atoms with van der Waals surface area (Å²) < 4.78 is 0. The summed E-state index contributed by atoms with van der Waals surface area (Å²) in [5, 5.41) is 2.99. The number of nitrogens with one attached hydrogen (secondary N) is 1. The number of anilines is 1. The van der Waals surface area contributed by atoms with Crippen molar-refractivity contribution >= 4 is 17.5 Å². The van der Waals surface area contributed by atoms with Crippen LogP contribution < -0.4 is 10.2 Å². The number of nitrogens with zero attached hydrogens (tertiary/aromatic N) is 2. The number of rotatable bonds is 5. The Morgan fingerprint density at radius 1 is 0.964 bits per heavy atom. The van der Waals surface area contributed by atoms with E-state index in [1.807, 2.05) is 60.4 Å². The Hall–Kier alpha value is -2.82. The molecule has 1 aliphatic carbocycles. The van der Waals surface area contributed by atoms with Crippen LogP contribution in [0, 0.1) is 12.8 Å². The van der Waals surface area contributed by atoms with E-state index in [-0.39, 0.29) is 5.91 Å². The molecule has 2 aromatic carbocycles. The first-order valence-corrected chi connectivity index (χ1v) is 10.1. The van der Waals surface area contributed by atoms with E-state index in [1.54, 1.807) is 0 Å². The van der Waals surface area contributed by atoms with Gasteiger partial charge in [0.25, 0.3) is 5.91 Å². The molecule has 146 valence electrons. The smallest absolute Gasteiger partial charge is 0.251 e. The second-order valence-electron chi connectivity index (χ2n) is 7.74. The highest BCUT2D eigenvalue weighted by atomic mass is 16.2. The van der Waals surface area contributed by atoms with E-state index in [0.29, 0.717) is 23.9 Å². The lowest BCUT2D eigenvalue weighted by molar-refractivity contribution is -0.132. The molecule has 0 unspecified atom stereocenters. The number of amides is 2. The van der Waals surface area contributed by atoms with Gasteiger partial charge in [0, 0.05) is 49.9 Å². The molecule has 0 spiro atoms. The van der Waals surface area contributed by atoms with E-state index < -0.39 is 0 Å². The zero-order valence-electron chi connectivity index (χ0n) is 16.4. The third kappa shape index (κ3) is 4.19. The molecule has 1 saturated carbocycles. The van der Waals surface area contributed by atoms with Crippen LogP contribution in [0.4, 0.5) is 5.69 Å². The number of carbonyl (C=O) groups excluding carboxylic acids is 2. The fourth-order valence-electron chi connectivity index (χ4n) is 3.68. The summed E-state index contributed by atoms with van der Waals surface area (Å²) in [6, 6.07) is 15.8. The standard InChI is InChI=1S/C23H27N3O2/c1-17-4-2-3-5-20(17)16-24-22(27)18-8-10-21(11-9-18)25-12-14-26(15-13-25)23(28)19-6-7-19/h2-5,8-11,19H,6-7,12-16H2,1H3,(H,24,27). The maximum absolute atomic E-state index is 12.4. The van der Waals surface area contributed by atoms with Gasteiger partial charge in [-0.15, -0.1) is 0 Å². The fraction of sp³-hybridized carbons (Fsp3) is 0.391. The number of piperazine rings is 1. The molecule has 5 heteroatoms. The lowest BCUT2D eigenvalue weighted by atomic mass is 10.1. The van der Waals surface area contributed by atoms with Gasteiger partial charge in [0.05, 0.1) is 0 Å². The summed E-state index contributed by atoms with van der Waals surface area (Å²) in [5.74, 6) is 0.569. The average molecular weight is 377 g/mol. The second kappa shape index (κ2) is 8.05. The normalized spacial score (nSPS) is 16.8. The van der Waals surface area contributed by atoms with Gasteiger partial charge in [-0.3, -0.25) is 9.59 Å². The van der Waals surface area contributed by atoms with Crippen molar-refractivity contribution in [3.8, 4) is 0 Å². The predicted molar refractivity (Wildman–Crippen MR) is 110 cm³/mol. The summed E-state index contributed by atoms with van der Waals surface area (Å²) in [6.45, 7) is 5.84. The molecule has 2 amide bonds. The van der Waals surface area contributed by atoms with Crippen molar-refractivity contribution < 1.29 is 9.59 Å². The first-order chi connectivity index (χ1) is 13.6. The number of hydrogen-bond acceptors (Lipinski definition) is 3. The van der Waals surface area contributed by atoms with Crippen LogP contribution in [0.5, 0.6) is 0 Å². The number of benzene rings is 2. The topological polar surface area (TPSA) is 52.7 Å². The first-order valence-electron chi connectivity index (χ1n) is 10.1. The van der Waals surface area contributed by atoms with Crippen molar-refractivity contribution in [1.29, 1.82) is 0 Å². The SMILES string of the molecule is Cc1ccccc1CNC(=O)c1ccc(N2CCN(C(=O)C3CC3)CC2)cc1. The zero-order valence-corrected chi connectivity index (χ0v) is 16.4. The summed E-state index contributed by atoms with van der Waals surface area (Å²) in [7, 11) is 0. The van der Waals surface area contributed by atoms with Crippen LogP contribution in [-0.4, -0.2) is 42.9 Å². The largest absolute Gasteiger partial charge is 0.368 e. The summed E-state index contributed by atoms with van der Waals surface area (Å²) in [4.78, 5) is 28.9. The van der Waals surface area contributed by atoms with Gasteiger partial charge in [-0.1, -0.05) is 24.3 Å². The molecule has 2 fully saturated rings. The van der Waals surface area contributed by atoms with E-state index in [4.69, 9.17) is 0 Å². The molecule has 1 aliphatic heterocycles. The minimum atomic E-state index is -0.0605. The maximum Gasteiger partial charge on any atom is 0.251 e. The van der Waals surface area contributed by atoms with Crippen LogP contribution in [0.2, 0.25) is 0 Å². The van der Waals surface area contributed by atoms with Gasteiger partial charge >= 0.3 is 0 Å². The van der Waals surface area contributed by atoms with Gasteiger partial charge < -0.3 is 15.1 Å². The van der Waals surface area contributed by atoms with Crippen molar-refractivity contribution in [3.05, 3.63) is 65.2 Å². The van der Waals surface area contributed by atoms with Gasteiger partial charge in [-0.2, -0.15) is 0 Å². The maximum atomic E-state index is 12.4. The Bertz CT molecular complexity index is 850. The van der Waals surface area contributed by atoms with Crippen LogP contribution >= 0.6 is 0 Å². The Labute approximate surface area is 166 Å². The molecule has 0 radical (unpaired) electrons. The molecular weight excluding hydrogens is 350 g/mol. The van der Waals surface area contributed by atoms with Gasteiger partial charge in [-0.25, -0.2) is 0 Å². The van der Waals surface area contributed by atoms with Gasteiger partial charge in [0.15, 0.2) is 0 Å². The molecule has 1 heterocycles. The van der Waals surface area contributed by atoms with Crippen LogP contribution in [0.3, 0.4) is 0 Å². The second-order valence-corrected chi connectivity index (χ2v) is 7.74. The monoisotopic (exact) mass is 377 g/mol. The molecule has 2 aromatic rings. The van der Waals surface area contributed by atoms with Crippen molar-refractivity contribution in [2.24, 2.45) is 5.92 Å². The molecule has 4 rings (SSSR count). The Balaban J connectivity index is 1.30. The van der Waals surface area contributed by atoms with E-state index in [9.17, 15) is 9.59 Å². The quantitative estimate of drug-likeness (QED) is 0.872. The number of hydrogen-bond donors (Lipinski definition) is 1. The third-order valence-corrected chi connectivity index (χ3v) is 5.71. The highest BCUT2D eigenvalue weighted by Gasteiger charge is 2.34. The summed E-state index contributed by atoms with van der Waals surface area (Å²) in [5.41, 5.74) is 4.08. The van der Waals surface area contributed by atoms with E-state index in [1.165, 1.54) is 5.56 Å². The van der Waals surface area contributed by atoms with Crippen molar-refractivity contribution in [2.75, 3.05) is 31.1 Å². The average Bonchev–Trinajstić information content (AvgIpc) is 3.58. The van der Waals surface area contributed by atoms with Gasteiger partial charge in [-0.05, 0) is 55.2 Å². The molecule has 0 aromatic heterocycles. The molecule has 0 atom stereocenters. The highest BCUT2D eigenvalue weighted by Crippen LogP contribution is 2.31. The van der Waals surface area contributed by atoms with E-state index in [2.05, 4.69) is 10.2 Å². The molecule has 28 heavy (non-hydrogen) atoms. The molecule has 1 saturated heterocycles. The minimum absolute atomic E-state index is 0.0605. The molecule has 5 nitrogen and oxygen atoms in total. The predicted octanol–water partition coefficient (Wildman–Crippen LogP) is 2.98. The van der Waals surface area contributed by atoms with Crippen LogP contribution in [0.1, 0.15) is 34.3 Å². The third-order valence-electron chi connectivity index (χ3n) is 5.71. The molecular formula is C23H27N3O2. The lowest BCUT2D eigenvalue weighted by Gasteiger charge is -2.36. The fourth-order valence-corrected chi connectivity index (χ4v) is 3.68. The summed E-state index contributed by atoms with van der Waals surface area (Å²) >= 11 is 0. The number of aryl methyl sites for hydroxylation is 1. The van der Waals surface area contributed by atoms with Crippen LogP contribution in [0.15, 0.2) is 48.5 Å². The molecule has 0 bridgehead atoms. The van der Waals surface area contributed by atoms with Crippen LogP contribution in [0.25, 0.3) is 0 Å². The van der Waals surface area contributed by atoms with Crippen molar-refractivity contribution in [3.63, 3.8) is 0 Å². The summed E-state index contributed by atoms with van der Waals surface area (Å²) in [6.07, 6.45) is 2.12. The highest BCUT2D eigenvalue weighted by molar-refractivity contribution is 5.94. The van der Waals surface area contributed by atoms with E-state index in [0.717, 1.165) is 50.3 Å². The zero-order chi connectivity index (χ0) is 19.5. The lowest BCUT2D eigenvalue weighted by Crippen LogP contribution is -2.49. The molecule has 2 aliphatic rings. The Morgan fingerprint density at radius 2 is 1.64 bits per heavy atom. The van der Waals surface area contributed by atoms with E-state index >= 15 is 0 Å². The first kappa shape index (κ1) is 18.5. The van der Waals surface area contributed by atoms with Crippen LogP contribution in [-0.2, 0) is 11.3 Å². The Kier molecular flexibility index (Phi) is 5.33. The Morgan fingerprint density at radius 3 is 2.29 bits per heavy atom. The minimum Gasteiger partial charge on any atom is -0.368 e. The number of carbonyl (C=O) groups is 2. The molecule has 1 N–H and O–H groups in total. The van der Waals surface area contributed by atoms with Crippen molar-refractivity contribution in [2.45, 2.75) is 26.3 Å². The van der Waals surface area contributed by atoms with Gasteiger partial charge in [0.1, 0.15) is 0 Å².